The Labute approximate surface area is 122 Å². The third-order valence-electron chi connectivity index (χ3n) is 3.54. The van der Waals surface area contributed by atoms with Crippen molar-refractivity contribution in [1.82, 2.24) is 14.9 Å². The van der Waals surface area contributed by atoms with Crippen LogP contribution in [0.2, 0.25) is 0 Å². The van der Waals surface area contributed by atoms with Crippen LogP contribution in [0.25, 0.3) is 10.9 Å². The number of likely N-dealkylation sites (tertiary alicyclic amines) is 1. The normalized spacial score (nSPS) is 15.3. The maximum Gasteiger partial charge on any atom is 0.258 e. The number of fused-ring (bicyclic) bond motifs is 1. The number of benzene rings is 1. The van der Waals surface area contributed by atoms with Crippen molar-refractivity contribution in [2.75, 3.05) is 18.4 Å². The van der Waals surface area contributed by atoms with Crippen LogP contribution in [0.4, 0.5) is 5.69 Å². The highest BCUT2D eigenvalue weighted by atomic mass is 32.1. The molecule has 1 aliphatic rings. The van der Waals surface area contributed by atoms with Gasteiger partial charge in [-0.15, -0.1) is 0 Å². The monoisotopic (exact) mass is 288 g/mol. The molecule has 104 valence electrons. The third-order valence-corrected chi connectivity index (χ3v) is 3.90. The SMILES string of the molecule is O=c1[nH]cnc2ccc(NC(=S)N3CCCCC3)cc12. The smallest absolute Gasteiger partial charge is 0.258 e. The van der Waals surface area contributed by atoms with Gasteiger partial charge >= 0.3 is 0 Å². The van der Waals surface area contributed by atoms with E-state index in [-0.39, 0.29) is 5.56 Å². The van der Waals surface area contributed by atoms with Crippen molar-refractivity contribution in [1.29, 1.82) is 0 Å². The minimum absolute atomic E-state index is 0.137. The van der Waals surface area contributed by atoms with Gasteiger partial charge in [-0.1, -0.05) is 0 Å². The molecule has 1 aliphatic heterocycles. The molecular formula is C14H16N4OS. The summed E-state index contributed by atoms with van der Waals surface area (Å²) in [6.45, 7) is 2.00. The summed E-state index contributed by atoms with van der Waals surface area (Å²) in [6, 6.07) is 5.51. The van der Waals surface area contributed by atoms with Crippen LogP contribution < -0.4 is 10.9 Å². The molecule has 1 saturated heterocycles. The largest absolute Gasteiger partial charge is 0.349 e. The molecule has 0 spiro atoms. The zero-order valence-electron chi connectivity index (χ0n) is 11.1. The summed E-state index contributed by atoms with van der Waals surface area (Å²) in [4.78, 5) is 20.6. The fourth-order valence-corrected chi connectivity index (χ4v) is 2.75. The van der Waals surface area contributed by atoms with Gasteiger partial charge < -0.3 is 15.2 Å². The molecule has 5 nitrogen and oxygen atoms in total. The quantitative estimate of drug-likeness (QED) is 0.787. The van der Waals surface area contributed by atoms with Gasteiger partial charge in [0.05, 0.1) is 17.2 Å². The molecule has 2 N–H and O–H groups in total. The lowest BCUT2D eigenvalue weighted by Crippen LogP contribution is -2.38. The maximum absolute atomic E-state index is 11.8. The zero-order valence-corrected chi connectivity index (χ0v) is 11.9. The van der Waals surface area contributed by atoms with Crippen LogP contribution in [0.3, 0.4) is 0 Å². The fourth-order valence-electron chi connectivity index (χ4n) is 2.45. The lowest BCUT2D eigenvalue weighted by atomic mass is 10.1. The molecule has 0 aliphatic carbocycles. The highest BCUT2D eigenvalue weighted by Crippen LogP contribution is 2.16. The van der Waals surface area contributed by atoms with E-state index in [1.807, 2.05) is 12.1 Å². The van der Waals surface area contributed by atoms with Crippen LogP contribution in [-0.4, -0.2) is 33.1 Å². The van der Waals surface area contributed by atoms with Crippen molar-refractivity contribution in [2.45, 2.75) is 19.3 Å². The van der Waals surface area contributed by atoms with E-state index in [9.17, 15) is 4.79 Å². The van der Waals surface area contributed by atoms with E-state index in [0.717, 1.165) is 23.9 Å². The first kappa shape index (κ1) is 13.1. The molecule has 0 amide bonds. The first-order chi connectivity index (χ1) is 9.74. The molecule has 0 bridgehead atoms. The highest BCUT2D eigenvalue weighted by Gasteiger charge is 2.13. The van der Waals surface area contributed by atoms with E-state index in [2.05, 4.69) is 20.2 Å². The summed E-state index contributed by atoms with van der Waals surface area (Å²) in [5.74, 6) is 0. The predicted molar refractivity (Wildman–Crippen MR) is 84.0 cm³/mol. The zero-order chi connectivity index (χ0) is 13.9. The van der Waals surface area contributed by atoms with Crippen molar-refractivity contribution in [3.8, 4) is 0 Å². The van der Waals surface area contributed by atoms with Crippen molar-refractivity contribution in [2.24, 2.45) is 0 Å². The molecule has 1 fully saturated rings. The Hall–Kier alpha value is -1.95. The lowest BCUT2D eigenvalue weighted by Gasteiger charge is -2.29. The van der Waals surface area contributed by atoms with Crippen molar-refractivity contribution < 1.29 is 0 Å². The minimum Gasteiger partial charge on any atom is -0.349 e. The van der Waals surface area contributed by atoms with Crippen molar-refractivity contribution in [3.63, 3.8) is 0 Å². The average Bonchev–Trinajstić information content (AvgIpc) is 2.49. The molecule has 0 saturated carbocycles. The van der Waals surface area contributed by atoms with Gasteiger partial charge in [-0.2, -0.15) is 0 Å². The Balaban J connectivity index is 1.82. The predicted octanol–water partition coefficient (Wildman–Crippen LogP) is 2.11. The second-order valence-electron chi connectivity index (χ2n) is 4.94. The van der Waals surface area contributed by atoms with E-state index in [1.165, 1.54) is 25.6 Å². The van der Waals surface area contributed by atoms with E-state index >= 15 is 0 Å². The second kappa shape index (κ2) is 5.58. The van der Waals surface area contributed by atoms with Crippen LogP contribution in [0.1, 0.15) is 19.3 Å². The number of nitrogens with one attached hydrogen (secondary N) is 2. The lowest BCUT2D eigenvalue weighted by molar-refractivity contribution is 0.346. The summed E-state index contributed by atoms with van der Waals surface area (Å²) in [5.41, 5.74) is 1.37. The fraction of sp³-hybridized carbons (Fsp3) is 0.357. The van der Waals surface area contributed by atoms with E-state index in [1.54, 1.807) is 6.07 Å². The van der Waals surface area contributed by atoms with Crippen LogP contribution in [0, 0.1) is 0 Å². The van der Waals surface area contributed by atoms with E-state index in [4.69, 9.17) is 12.2 Å². The van der Waals surface area contributed by atoms with E-state index < -0.39 is 0 Å². The minimum atomic E-state index is -0.137. The summed E-state index contributed by atoms with van der Waals surface area (Å²) in [6.07, 6.45) is 5.05. The van der Waals surface area contributed by atoms with Gasteiger partial charge in [0, 0.05) is 18.8 Å². The van der Waals surface area contributed by atoms with Crippen LogP contribution in [0.5, 0.6) is 0 Å². The molecule has 3 rings (SSSR count). The van der Waals surface area contributed by atoms with Crippen LogP contribution in [0.15, 0.2) is 29.3 Å². The summed E-state index contributed by atoms with van der Waals surface area (Å²) in [7, 11) is 0. The first-order valence-electron chi connectivity index (χ1n) is 6.77. The number of aromatic amines is 1. The molecule has 0 atom stereocenters. The van der Waals surface area contributed by atoms with Crippen molar-refractivity contribution in [3.05, 3.63) is 34.9 Å². The van der Waals surface area contributed by atoms with Gasteiger partial charge in [0.25, 0.3) is 5.56 Å². The van der Waals surface area contributed by atoms with Crippen LogP contribution in [-0.2, 0) is 0 Å². The summed E-state index contributed by atoms with van der Waals surface area (Å²) in [5, 5.41) is 4.50. The Bertz CT molecular complexity index is 691. The Morgan fingerprint density at radius 2 is 2.10 bits per heavy atom. The van der Waals surface area contributed by atoms with Crippen molar-refractivity contribution >= 4 is 33.9 Å². The van der Waals surface area contributed by atoms with Gasteiger partial charge in [0.15, 0.2) is 5.11 Å². The number of anilines is 1. The van der Waals surface area contributed by atoms with Gasteiger partial charge in [0.2, 0.25) is 0 Å². The Kier molecular flexibility index (Phi) is 3.64. The number of thiocarbonyl (C=S) groups is 1. The molecule has 2 aromatic rings. The van der Waals surface area contributed by atoms with E-state index in [0.29, 0.717) is 10.9 Å². The average molecular weight is 288 g/mol. The molecule has 1 aromatic carbocycles. The van der Waals surface area contributed by atoms with Gasteiger partial charge in [0.1, 0.15) is 0 Å². The topological polar surface area (TPSA) is 61.0 Å². The Morgan fingerprint density at radius 3 is 2.90 bits per heavy atom. The number of nitrogens with zero attached hydrogens (tertiary/aromatic N) is 2. The second-order valence-corrected chi connectivity index (χ2v) is 5.33. The number of hydrogen-bond donors (Lipinski definition) is 2. The maximum atomic E-state index is 11.8. The number of hydrogen-bond acceptors (Lipinski definition) is 3. The molecule has 2 heterocycles. The summed E-state index contributed by atoms with van der Waals surface area (Å²) < 4.78 is 0. The molecular weight excluding hydrogens is 272 g/mol. The van der Waals surface area contributed by atoms with Gasteiger partial charge in [-0.05, 0) is 49.7 Å². The number of aromatic nitrogens is 2. The number of rotatable bonds is 1. The number of piperidine rings is 1. The van der Waals surface area contributed by atoms with Gasteiger partial charge in [-0.3, -0.25) is 4.79 Å². The first-order valence-corrected chi connectivity index (χ1v) is 7.18. The molecule has 1 aromatic heterocycles. The number of H-pyrrole nitrogens is 1. The van der Waals surface area contributed by atoms with Gasteiger partial charge in [-0.25, -0.2) is 4.98 Å². The molecule has 20 heavy (non-hydrogen) atoms. The third kappa shape index (κ3) is 2.65. The summed E-state index contributed by atoms with van der Waals surface area (Å²) >= 11 is 5.42. The molecule has 6 heteroatoms. The Morgan fingerprint density at radius 1 is 1.30 bits per heavy atom. The standard InChI is InChI=1S/C14H16N4OS/c19-13-11-8-10(4-5-12(11)15-9-16-13)17-14(20)18-6-2-1-3-7-18/h4-5,8-9H,1-3,6-7H2,(H,17,20)(H,15,16,19). The molecule has 0 radical (unpaired) electrons. The van der Waals surface area contributed by atoms with Crippen LogP contribution >= 0.6 is 12.2 Å². The highest BCUT2D eigenvalue weighted by molar-refractivity contribution is 7.80. The molecule has 0 unspecified atom stereocenters.